The van der Waals surface area contributed by atoms with Crippen LogP contribution in [0.25, 0.3) is 0 Å². The highest BCUT2D eigenvalue weighted by molar-refractivity contribution is 7.84. The van der Waals surface area contributed by atoms with Gasteiger partial charge in [0, 0.05) is 0 Å². The first-order valence-electron chi connectivity index (χ1n) is 2.28. The van der Waals surface area contributed by atoms with Gasteiger partial charge in [-0.2, -0.15) is 0 Å². The van der Waals surface area contributed by atoms with Gasteiger partial charge in [0.2, 0.25) is 0 Å². The van der Waals surface area contributed by atoms with Gasteiger partial charge in [0.1, 0.15) is 0 Å². The van der Waals surface area contributed by atoms with Crippen LogP contribution in [-0.2, 0) is 9.53 Å². The molecular formula is C5H5NO3S. The number of rotatable bonds is 2. The monoisotopic (exact) mass is 159 g/mol. The molecule has 0 aromatic heterocycles. The quantitative estimate of drug-likeness (QED) is 0.270. The number of carboxylic acid groups (broad SMARTS) is 1. The van der Waals surface area contributed by atoms with Crippen molar-refractivity contribution >= 4 is 18.6 Å². The molecule has 0 aliphatic rings. The first-order chi connectivity index (χ1) is 4.59. The van der Waals surface area contributed by atoms with Crippen LogP contribution in [0.1, 0.15) is 6.92 Å². The maximum absolute atomic E-state index is 10.1. The fourth-order valence-corrected chi connectivity index (χ4v) is 0.348. The molecule has 0 unspecified atom stereocenters. The van der Waals surface area contributed by atoms with Crippen molar-refractivity contribution < 1.29 is 14.6 Å². The highest BCUT2D eigenvalue weighted by Crippen LogP contribution is 2.08. The Kier molecular flexibility index (Phi) is 3.36. The Balaban J connectivity index is 4.38. The van der Waals surface area contributed by atoms with E-state index in [0.29, 0.717) is 0 Å². The molecule has 1 N–H and O–H groups in total. The number of nitrogens with zero attached hydrogens (tertiary/aromatic N) is 1. The van der Waals surface area contributed by atoms with Crippen LogP contribution in [0.15, 0.2) is 10.7 Å². The van der Waals surface area contributed by atoms with E-state index in [4.69, 9.17) is 10.4 Å². The van der Waals surface area contributed by atoms with Crippen molar-refractivity contribution in [1.82, 2.24) is 0 Å². The van der Waals surface area contributed by atoms with Gasteiger partial charge in [-0.1, -0.05) is 0 Å². The minimum absolute atomic E-state index is 0.0927. The Labute approximate surface area is 63.1 Å². The average molecular weight is 159 g/mol. The topological polar surface area (TPSA) is 70.3 Å². The summed E-state index contributed by atoms with van der Waals surface area (Å²) in [5.74, 6) is -1.15. The van der Waals surface area contributed by atoms with Gasteiger partial charge in [0.05, 0.1) is 5.57 Å². The van der Waals surface area contributed by atoms with Crippen LogP contribution in [0.5, 0.6) is 0 Å². The molecule has 0 saturated heterocycles. The highest BCUT2D eigenvalue weighted by Gasteiger charge is 2.06. The Morgan fingerprint density at radius 2 is 2.30 bits per heavy atom. The van der Waals surface area contributed by atoms with Gasteiger partial charge in [0.25, 0.3) is 6.26 Å². The van der Waals surface area contributed by atoms with Crippen molar-refractivity contribution in [2.24, 2.45) is 0 Å². The van der Waals surface area contributed by atoms with Crippen LogP contribution in [-0.4, -0.2) is 11.1 Å². The number of hydrogen-bond donors (Lipinski definition) is 2. The van der Waals surface area contributed by atoms with Crippen LogP contribution in [0.2, 0.25) is 0 Å². The predicted molar refractivity (Wildman–Crippen MR) is 36.0 cm³/mol. The zero-order chi connectivity index (χ0) is 8.15. The second kappa shape index (κ2) is 3.80. The molecule has 5 heteroatoms. The summed E-state index contributed by atoms with van der Waals surface area (Å²) in [6, 6.07) is 0. The van der Waals surface area contributed by atoms with Gasteiger partial charge >= 0.3 is 5.97 Å². The van der Waals surface area contributed by atoms with E-state index >= 15 is 0 Å². The first kappa shape index (κ1) is 8.85. The maximum Gasteiger partial charge on any atom is 0.335 e. The molecule has 4 nitrogen and oxygen atoms in total. The van der Waals surface area contributed by atoms with Gasteiger partial charge in [-0.05, 0) is 6.92 Å². The van der Waals surface area contributed by atoms with Gasteiger partial charge in [0.15, 0.2) is 5.09 Å². The van der Waals surface area contributed by atoms with Crippen molar-refractivity contribution in [2.75, 3.05) is 0 Å². The Morgan fingerprint density at radius 3 is 2.60 bits per heavy atom. The molecular weight excluding hydrogens is 154 g/mol. The van der Waals surface area contributed by atoms with Crippen molar-refractivity contribution in [3.63, 3.8) is 0 Å². The molecule has 0 atom stereocenters. The number of hydrogen-bond acceptors (Lipinski definition) is 4. The summed E-state index contributed by atoms with van der Waals surface area (Å²) in [7, 11) is 0. The van der Waals surface area contributed by atoms with Gasteiger partial charge < -0.3 is 9.84 Å². The van der Waals surface area contributed by atoms with Crippen LogP contribution < -0.4 is 0 Å². The van der Waals surface area contributed by atoms with Gasteiger partial charge in [-0.3, -0.25) is 0 Å². The normalized spacial score (nSPS) is 11.3. The second-order valence-electron chi connectivity index (χ2n) is 1.43. The van der Waals surface area contributed by atoms with Crippen molar-refractivity contribution in [1.29, 1.82) is 5.26 Å². The summed E-state index contributed by atoms with van der Waals surface area (Å²) in [5, 5.41) is 16.0. The third-order valence-electron chi connectivity index (χ3n) is 0.784. The summed E-state index contributed by atoms with van der Waals surface area (Å²) >= 11 is 3.60. The van der Waals surface area contributed by atoms with Crippen LogP contribution >= 0.6 is 12.6 Å². The summed E-state index contributed by atoms with van der Waals surface area (Å²) in [6.45, 7) is 1.29. The molecule has 0 rings (SSSR count). The smallest absolute Gasteiger partial charge is 0.335 e. The lowest BCUT2D eigenvalue weighted by atomic mass is 10.3. The van der Waals surface area contributed by atoms with E-state index in [1.54, 1.807) is 0 Å². The number of carbonyl (C=O) groups is 1. The lowest BCUT2D eigenvalue weighted by molar-refractivity contribution is -0.132. The van der Waals surface area contributed by atoms with Crippen LogP contribution in [0, 0.1) is 11.5 Å². The predicted octanol–water partition coefficient (Wildman–Crippen LogP) is 0.730. The molecule has 0 aromatic rings. The SMILES string of the molecule is CC(C(=O)O)=C(S)OC#N. The van der Waals surface area contributed by atoms with Gasteiger partial charge in [-0.15, -0.1) is 17.9 Å². The van der Waals surface area contributed by atoms with E-state index in [2.05, 4.69) is 17.4 Å². The summed E-state index contributed by atoms with van der Waals surface area (Å²) < 4.78 is 4.13. The molecule has 0 aliphatic heterocycles. The zero-order valence-corrected chi connectivity index (χ0v) is 6.05. The molecule has 54 valence electrons. The maximum atomic E-state index is 10.1. The minimum Gasteiger partial charge on any atom is -0.478 e. The Hall–Kier alpha value is -1.15. The molecule has 0 aromatic carbocycles. The van der Waals surface area contributed by atoms with Crippen molar-refractivity contribution in [3.05, 3.63) is 10.7 Å². The molecule has 0 saturated carbocycles. The van der Waals surface area contributed by atoms with Crippen LogP contribution in [0.4, 0.5) is 0 Å². The number of nitriles is 1. The minimum atomic E-state index is -1.15. The molecule has 0 fully saturated rings. The number of ether oxygens (including phenoxy) is 1. The fourth-order valence-electron chi connectivity index (χ4n) is 0.211. The molecule has 0 bridgehead atoms. The third kappa shape index (κ3) is 2.42. The molecule has 0 heterocycles. The van der Waals surface area contributed by atoms with Gasteiger partial charge in [-0.25, -0.2) is 4.79 Å². The lowest BCUT2D eigenvalue weighted by Gasteiger charge is -1.95. The summed E-state index contributed by atoms with van der Waals surface area (Å²) in [5.41, 5.74) is -0.0927. The fraction of sp³-hybridized carbons (Fsp3) is 0.200. The first-order valence-corrected chi connectivity index (χ1v) is 2.73. The Morgan fingerprint density at radius 1 is 1.80 bits per heavy atom. The number of aliphatic carboxylic acids is 1. The van der Waals surface area contributed by atoms with E-state index in [1.807, 2.05) is 0 Å². The summed E-state index contributed by atoms with van der Waals surface area (Å²) in [4.78, 5) is 10.1. The third-order valence-corrected chi connectivity index (χ3v) is 1.21. The molecule has 0 amide bonds. The average Bonchev–Trinajstić information content (AvgIpc) is 1.87. The number of carboxylic acids is 1. The van der Waals surface area contributed by atoms with E-state index < -0.39 is 5.97 Å². The van der Waals surface area contributed by atoms with Crippen molar-refractivity contribution in [3.8, 4) is 6.26 Å². The van der Waals surface area contributed by atoms with E-state index in [-0.39, 0.29) is 10.7 Å². The highest BCUT2D eigenvalue weighted by atomic mass is 32.1. The largest absolute Gasteiger partial charge is 0.478 e. The molecule has 0 spiro atoms. The Bertz CT molecular complexity index is 215. The van der Waals surface area contributed by atoms with Crippen molar-refractivity contribution in [2.45, 2.75) is 6.92 Å². The molecule has 0 aliphatic carbocycles. The molecule has 0 radical (unpaired) electrons. The second-order valence-corrected chi connectivity index (χ2v) is 1.83. The van der Waals surface area contributed by atoms with E-state index in [0.717, 1.165) is 0 Å². The summed E-state index contributed by atoms with van der Waals surface area (Å²) in [6.07, 6.45) is 1.31. The van der Waals surface area contributed by atoms with Crippen LogP contribution in [0.3, 0.4) is 0 Å². The zero-order valence-electron chi connectivity index (χ0n) is 5.16. The molecule has 10 heavy (non-hydrogen) atoms. The van der Waals surface area contributed by atoms with E-state index in [9.17, 15) is 4.79 Å². The number of thiol groups is 1. The standard InChI is InChI=1S/C5H5NO3S/c1-3(4(7)8)5(10)9-2-6/h10H,1H3,(H,7,8). The lowest BCUT2D eigenvalue weighted by Crippen LogP contribution is -1.98. The van der Waals surface area contributed by atoms with E-state index in [1.165, 1.54) is 13.2 Å².